The van der Waals surface area contributed by atoms with Gasteiger partial charge < -0.3 is 26.2 Å². The van der Waals surface area contributed by atoms with Gasteiger partial charge >= 0.3 is 18.1 Å². The third-order valence-corrected chi connectivity index (χ3v) is 1.68. The van der Waals surface area contributed by atoms with Crippen LogP contribution in [0.5, 0.6) is 0 Å². The van der Waals surface area contributed by atoms with Crippen LogP contribution in [0.3, 0.4) is 0 Å². The molecule has 0 saturated carbocycles. The Hall–Kier alpha value is -1.99. The zero-order valence-corrected chi connectivity index (χ0v) is 9.78. The van der Waals surface area contributed by atoms with Crippen LogP contribution in [0.25, 0.3) is 0 Å². The largest absolute Gasteiger partial charge is 0.481 e. The molecule has 0 aliphatic heterocycles. The average Bonchev–Trinajstić information content (AvgIpc) is 2.08. The topological polar surface area (TPSA) is 131 Å². The normalized spacial score (nSPS) is 10.5. The van der Waals surface area contributed by atoms with Crippen LogP contribution in [-0.2, 0) is 9.53 Å². The Kier molecular flexibility index (Phi) is 5.79. The lowest BCUT2D eigenvalue weighted by Crippen LogP contribution is -2.50. The minimum Gasteiger partial charge on any atom is -0.481 e. The van der Waals surface area contributed by atoms with Gasteiger partial charge in [-0.1, -0.05) is 0 Å². The van der Waals surface area contributed by atoms with Crippen LogP contribution < -0.4 is 16.4 Å². The van der Waals surface area contributed by atoms with Crippen molar-refractivity contribution in [2.75, 3.05) is 13.2 Å². The summed E-state index contributed by atoms with van der Waals surface area (Å²) in [5, 5.41) is 13.5. The van der Waals surface area contributed by atoms with E-state index in [4.69, 9.17) is 10.8 Å². The number of nitrogens with two attached hydrogens (primary N) is 1. The Morgan fingerprint density at radius 1 is 1.35 bits per heavy atom. The number of nitrogens with one attached hydrogen (secondary N) is 2. The Morgan fingerprint density at radius 2 is 1.94 bits per heavy atom. The second-order valence-corrected chi connectivity index (χ2v) is 4.00. The monoisotopic (exact) mass is 247 g/mol. The van der Waals surface area contributed by atoms with Gasteiger partial charge in [-0.2, -0.15) is 0 Å². The van der Waals surface area contributed by atoms with Crippen molar-refractivity contribution in [1.29, 1.82) is 0 Å². The summed E-state index contributed by atoms with van der Waals surface area (Å²) in [6, 6.07) is -0.538. The van der Waals surface area contributed by atoms with Crippen LogP contribution >= 0.6 is 0 Å². The molecule has 0 atom stereocenters. The Morgan fingerprint density at radius 3 is 2.41 bits per heavy atom. The number of hydrogen-bond donors (Lipinski definition) is 4. The standard InChI is InChI=1S/C9H17N3O5/c1-9(2,5-6(13)14)12-8(16)11-3-4-17-7(10)15/h3-5H2,1-2H3,(H2,10,15)(H,13,14)(H2,11,12,16). The van der Waals surface area contributed by atoms with Crippen LogP contribution in [0.15, 0.2) is 0 Å². The molecule has 0 unspecified atom stereocenters. The van der Waals surface area contributed by atoms with Crippen LogP contribution in [-0.4, -0.2) is 41.9 Å². The first kappa shape index (κ1) is 15.0. The molecule has 17 heavy (non-hydrogen) atoms. The highest BCUT2D eigenvalue weighted by Crippen LogP contribution is 2.07. The summed E-state index contributed by atoms with van der Waals surface area (Å²) < 4.78 is 4.39. The van der Waals surface area contributed by atoms with Gasteiger partial charge in [0.05, 0.1) is 13.0 Å². The van der Waals surface area contributed by atoms with Crippen molar-refractivity contribution < 1.29 is 24.2 Å². The number of hydrogen-bond acceptors (Lipinski definition) is 4. The summed E-state index contributed by atoms with van der Waals surface area (Å²) in [4.78, 5) is 32.0. The van der Waals surface area contributed by atoms with Crippen molar-refractivity contribution >= 4 is 18.1 Å². The van der Waals surface area contributed by atoms with Gasteiger partial charge in [0.15, 0.2) is 0 Å². The smallest absolute Gasteiger partial charge is 0.404 e. The van der Waals surface area contributed by atoms with Crippen LogP contribution in [0.1, 0.15) is 20.3 Å². The Balaban J connectivity index is 3.85. The fourth-order valence-corrected chi connectivity index (χ4v) is 1.09. The van der Waals surface area contributed by atoms with E-state index in [1.54, 1.807) is 13.8 Å². The number of primary amides is 1. The molecule has 0 fully saturated rings. The Labute approximate surface area is 98.5 Å². The summed E-state index contributed by atoms with van der Waals surface area (Å²) in [6.07, 6.45) is -1.11. The molecule has 0 aromatic carbocycles. The predicted molar refractivity (Wildman–Crippen MR) is 58.4 cm³/mol. The number of ether oxygens (including phenoxy) is 1. The summed E-state index contributed by atoms with van der Waals surface area (Å²) in [7, 11) is 0. The average molecular weight is 247 g/mol. The summed E-state index contributed by atoms with van der Waals surface area (Å²) in [5.41, 5.74) is 3.85. The summed E-state index contributed by atoms with van der Waals surface area (Å²) in [6.45, 7) is 3.22. The number of carbonyl (C=O) groups excluding carboxylic acids is 2. The summed E-state index contributed by atoms with van der Waals surface area (Å²) in [5.74, 6) is -1.01. The molecular weight excluding hydrogens is 230 g/mol. The van der Waals surface area contributed by atoms with Crippen molar-refractivity contribution in [1.82, 2.24) is 10.6 Å². The zero-order valence-electron chi connectivity index (χ0n) is 9.78. The number of aliphatic carboxylic acids is 1. The van der Waals surface area contributed by atoms with Gasteiger partial charge in [-0.3, -0.25) is 4.79 Å². The number of carboxylic acid groups (broad SMARTS) is 1. The lowest BCUT2D eigenvalue weighted by molar-refractivity contribution is -0.138. The number of amides is 3. The molecule has 0 bridgehead atoms. The number of rotatable bonds is 6. The molecule has 8 nitrogen and oxygen atoms in total. The quantitative estimate of drug-likeness (QED) is 0.476. The molecule has 8 heteroatoms. The van der Waals surface area contributed by atoms with E-state index in [2.05, 4.69) is 15.4 Å². The third-order valence-electron chi connectivity index (χ3n) is 1.68. The molecule has 3 amide bonds. The van der Waals surface area contributed by atoms with E-state index in [0.717, 1.165) is 0 Å². The van der Waals surface area contributed by atoms with E-state index >= 15 is 0 Å². The zero-order chi connectivity index (χ0) is 13.5. The molecule has 0 rings (SSSR count). The minimum atomic E-state index is -1.01. The van der Waals surface area contributed by atoms with E-state index in [1.807, 2.05) is 0 Å². The van der Waals surface area contributed by atoms with Crippen molar-refractivity contribution in [2.24, 2.45) is 5.73 Å². The van der Waals surface area contributed by atoms with E-state index in [9.17, 15) is 14.4 Å². The van der Waals surface area contributed by atoms with Crippen molar-refractivity contribution in [3.63, 3.8) is 0 Å². The molecule has 0 radical (unpaired) electrons. The van der Waals surface area contributed by atoms with Gasteiger partial charge in [-0.25, -0.2) is 9.59 Å². The van der Waals surface area contributed by atoms with Crippen LogP contribution in [0.4, 0.5) is 9.59 Å². The summed E-state index contributed by atoms with van der Waals surface area (Å²) >= 11 is 0. The highest BCUT2D eigenvalue weighted by molar-refractivity contribution is 5.76. The molecule has 0 aliphatic carbocycles. The maximum absolute atomic E-state index is 11.3. The lowest BCUT2D eigenvalue weighted by atomic mass is 10.0. The molecule has 0 aromatic heterocycles. The lowest BCUT2D eigenvalue weighted by Gasteiger charge is -2.24. The minimum absolute atomic E-state index is 0.0396. The Bertz CT molecular complexity index is 303. The first-order chi connectivity index (χ1) is 7.73. The van der Waals surface area contributed by atoms with Gasteiger partial charge in [-0.15, -0.1) is 0 Å². The fraction of sp³-hybridized carbons (Fsp3) is 0.667. The third kappa shape index (κ3) is 8.97. The second kappa shape index (κ2) is 6.56. The van der Waals surface area contributed by atoms with E-state index in [0.29, 0.717) is 0 Å². The predicted octanol–water partition coefficient (Wildman–Crippen LogP) is -0.366. The van der Waals surface area contributed by atoms with Gasteiger partial charge in [0.1, 0.15) is 6.61 Å². The maximum Gasteiger partial charge on any atom is 0.404 e. The van der Waals surface area contributed by atoms with Crippen molar-refractivity contribution in [3.05, 3.63) is 0 Å². The number of urea groups is 1. The number of carbonyl (C=O) groups is 3. The van der Waals surface area contributed by atoms with E-state index < -0.39 is 23.6 Å². The highest BCUT2D eigenvalue weighted by Gasteiger charge is 2.23. The first-order valence-electron chi connectivity index (χ1n) is 4.93. The number of carboxylic acids is 1. The highest BCUT2D eigenvalue weighted by atomic mass is 16.5. The molecule has 0 aromatic rings. The molecule has 0 saturated heterocycles. The van der Waals surface area contributed by atoms with Gasteiger partial charge in [0.2, 0.25) is 0 Å². The van der Waals surface area contributed by atoms with E-state index in [1.165, 1.54) is 0 Å². The molecule has 0 aliphatic rings. The van der Waals surface area contributed by atoms with Gasteiger partial charge in [-0.05, 0) is 13.8 Å². The molecule has 0 spiro atoms. The fourth-order valence-electron chi connectivity index (χ4n) is 1.09. The van der Waals surface area contributed by atoms with Gasteiger partial charge in [0, 0.05) is 5.54 Å². The second-order valence-electron chi connectivity index (χ2n) is 4.00. The van der Waals surface area contributed by atoms with Crippen LogP contribution in [0, 0.1) is 0 Å². The van der Waals surface area contributed by atoms with Crippen molar-refractivity contribution in [2.45, 2.75) is 25.8 Å². The molecule has 98 valence electrons. The van der Waals surface area contributed by atoms with Crippen molar-refractivity contribution in [3.8, 4) is 0 Å². The van der Waals surface area contributed by atoms with Crippen LogP contribution in [0.2, 0.25) is 0 Å². The maximum atomic E-state index is 11.3. The molecule has 0 heterocycles. The first-order valence-corrected chi connectivity index (χ1v) is 4.93. The van der Waals surface area contributed by atoms with E-state index in [-0.39, 0.29) is 19.6 Å². The SMILES string of the molecule is CC(C)(CC(=O)O)NC(=O)NCCOC(N)=O. The molecule has 5 N–H and O–H groups in total. The van der Waals surface area contributed by atoms with Gasteiger partial charge in [0.25, 0.3) is 0 Å². The molecular formula is C9H17N3O5.